The third-order valence-corrected chi connectivity index (χ3v) is 2.69. The van der Waals surface area contributed by atoms with Gasteiger partial charge in [0.1, 0.15) is 11.8 Å². The second-order valence-corrected chi connectivity index (χ2v) is 4.01. The van der Waals surface area contributed by atoms with Gasteiger partial charge in [-0.25, -0.2) is 0 Å². The van der Waals surface area contributed by atoms with Crippen LogP contribution < -0.4 is 4.74 Å². The number of carboxylic acids is 1. The minimum Gasteiger partial charge on any atom is -0.494 e. The van der Waals surface area contributed by atoms with Gasteiger partial charge in [-0.2, -0.15) is 0 Å². The highest BCUT2D eigenvalue weighted by Crippen LogP contribution is 2.08. The van der Waals surface area contributed by atoms with E-state index in [1.807, 2.05) is 30.3 Å². The molecule has 0 heterocycles. The van der Waals surface area contributed by atoms with E-state index in [1.165, 1.54) is 0 Å². The van der Waals surface area contributed by atoms with Crippen molar-refractivity contribution in [3.8, 4) is 5.75 Å². The van der Waals surface area contributed by atoms with E-state index in [0.29, 0.717) is 13.2 Å². The average Bonchev–Trinajstić information content (AvgIpc) is 2.34. The van der Waals surface area contributed by atoms with Crippen LogP contribution in [0.2, 0.25) is 0 Å². The molecule has 17 heavy (non-hydrogen) atoms. The molecule has 0 aliphatic rings. The number of nitrogens with zero attached hydrogens (tertiary/aromatic N) is 1. The normalized spacial score (nSPS) is 12.4. The van der Waals surface area contributed by atoms with Crippen molar-refractivity contribution in [1.29, 1.82) is 0 Å². The number of carboxylic acid groups (broad SMARTS) is 1. The highest BCUT2D eigenvalue weighted by Gasteiger charge is 2.15. The van der Waals surface area contributed by atoms with Gasteiger partial charge in [0.25, 0.3) is 0 Å². The van der Waals surface area contributed by atoms with Crippen LogP contribution in [-0.4, -0.2) is 42.2 Å². The molecule has 94 valence electrons. The first-order valence-corrected chi connectivity index (χ1v) is 5.72. The molecule has 0 aliphatic carbocycles. The standard InChI is InChI=1S/C13H19NO3/c1-11(13(15)16)14(2)9-6-10-17-12-7-4-3-5-8-12/h3-5,7-8,11H,6,9-10H2,1-2H3,(H,15,16). The second kappa shape index (κ2) is 6.91. The van der Waals surface area contributed by atoms with Crippen LogP contribution in [0.4, 0.5) is 0 Å². The second-order valence-electron chi connectivity index (χ2n) is 4.01. The average molecular weight is 237 g/mol. The Bertz CT molecular complexity index is 340. The number of carbonyl (C=O) groups is 1. The van der Waals surface area contributed by atoms with Crippen molar-refractivity contribution in [3.63, 3.8) is 0 Å². The quantitative estimate of drug-likeness (QED) is 0.735. The van der Waals surface area contributed by atoms with Crippen LogP contribution in [0.1, 0.15) is 13.3 Å². The van der Waals surface area contributed by atoms with Gasteiger partial charge >= 0.3 is 5.97 Å². The largest absolute Gasteiger partial charge is 0.494 e. The topological polar surface area (TPSA) is 49.8 Å². The zero-order valence-electron chi connectivity index (χ0n) is 10.3. The molecular weight excluding hydrogens is 218 g/mol. The van der Waals surface area contributed by atoms with E-state index in [1.54, 1.807) is 18.9 Å². The Morgan fingerprint density at radius 3 is 2.65 bits per heavy atom. The summed E-state index contributed by atoms with van der Waals surface area (Å²) in [6, 6.07) is 9.15. The molecule has 4 heteroatoms. The zero-order chi connectivity index (χ0) is 12.7. The molecule has 0 saturated heterocycles. The number of para-hydroxylation sites is 1. The van der Waals surface area contributed by atoms with E-state index in [0.717, 1.165) is 12.2 Å². The van der Waals surface area contributed by atoms with Crippen molar-refractivity contribution in [1.82, 2.24) is 4.90 Å². The van der Waals surface area contributed by atoms with Crippen LogP contribution in [0.3, 0.4) is 0 Å². The number of hydrogen-bond donors (Lipinski definition) is 1. The first kappa shape index (κ1) is 13.5. The lowest BCUT2D eigenvalue weighted by atomic mass is 10.3. The molecule has 4 nitrogen and oxygen atoms in total. The number of benzene rings is 1. The smallest absolute Gasteiger partial charge is 0.320 e. The maximum atomic E-state index is 10.7. The Morgan fingerprint density at radius 1 is 1.41 bits per heavy atom. The summed E-state index contributed by atoms with van der Waals surface area (Å²) in [7, 11) is 1.81. The van der Waals surface area contributed by atoms with Gasteiger partial charge in [-0.05, 0) is 32.5 Å². The van der Waals surface area contributed by atoms with Crippen molar-refractivity contribution >= 4 is 5.97 Å². The first-order chi connectivity index (χ1) is 8.11. The van der Waals surface area contributed by atoms with Crippen LogP contribution in [-0.2, 0) is 4.79 Å². The molecule has 0 spiro atoms. The van der Waals surface area contributed by atoms with Gasteiger partial charge in [0, 0.05) is 6.54 Å². The van der Waals surface area contributed by atoms with Gasteiger partial charge in [0.2, 0.25) is 0 Å². The fourth-order valence-corrected chi connectivity index (χ4v) is 1.40. The fraction of sp³-hybridized carbons (Fsp3) is 0.462. The third-order valence-electron chi connectivity index (χ3n) is 2.69. The molecular formula is C13H19NO3. The third kappa shape index (κ3) is 4.87. The summed E-state index contributed by atoms with van der Waals surface area (Å²) < 4.78 is 5.52. The molecule has 0 fully saturated rings. The molecule has 1 rings (SSSR count). The predicted octanol–water partition coefficient (Wildman–Crippen LogP) is 1.86. The van der Waals surface area contributed by atoms with Crippen LogP contribution in [0.5, 0.6) is 5.75 Å². The van der Waals surface area contributed by atoms with E-state index in [-0.39, 0.29) is 0 Å². The minimum absolute atomic E-state index is 0.452. The Kier molecular flexibility index (Phi) is 5.49. The summed E-state index contributed by atoms with van der Waals surface area (Å²) in [4.78, 5) is 12.5. The lowest BCUT2D eigenvalue weighted by molar-refractivity contribution is -0.142. The lowest BCUT2D eigenvalue weighted by Gasteiger charge is -2.20. The summed E-state index contributed by atoms with van der Waals surface area (Å²) in [6.07, 6.45) is 0.809. The number of aliphatic carboxylic acids is 1. The molecule has 0 aliphatic heterocycles. The van der Waals surface area contributed by atoms with E-state index in [4.69, 9.17) is 9.84 Å². The highest BCUT2D eigenvalue weighted by atomic mass is 16.5. The van der Waals surface area contributed by atoms with Crippen molar-refractivity contribution in [2.24, 2.45) is 0 Å². The molecule has 0 radical (unpaired) electrons. The van der Waals surface area contributed by atoms with Gasteiger partial charge in [-0.15, -0.1) is 0 Å². The van der Waals surface area contributed by atoms with Gasteiger partial charge in [0.15, 0.2) is 0 Å². The van der Waals surface area contributed by atoms with E-state index in [2.05, 4.69) is 0 Å². The van der Waals surface area contributed by atoms with Crippen LogP contribution in [0, 0.1) is 0 Å². The summed E-state index contributed by atoms with van der Waals surface area (Å²) in [5.74, 6) is 0.0536. The fourth-order valence-electron chi connectivity index (χ4n) is 1.40. The summed E-state index contributed by atoms with van der Waals surface area (Å²) >= 11 is 0. The van der Waals surface area contributed by atoms with Crippen molar-refractivity contribution in [2.45, 2.75) is 19.4 Å². The van der Waals surface area contributed by atoms with Crippen LogP contribution in [0.15, 0.2) is 30.3 Å². The Hall–Kier alpha value is -1.55. The predicted molar refractivity (Wildman–Crippen MR) is 66.3 cm³/mol. The van der Waals surface area contributed by atoms with Gasteiger partial charge < -0.3 is 9.84 Å². The van der Waals surface area contributed by atoms with Gasteiger partial charge in [0.05, 0.1) is 6.61 Å². The molecule has 1 aromatic carbocycles. The highest BCUT2D eigenvalue weighted by molar-refractivity contribution is 5.72. The molecule has 1 N–H and O–H groups in total. The zero-order valence-corrected chi connectivity index (χ0v) is 10.3. The Labute approximate surface area is 102 Å². The molecule has 0 amide bonds. The van der Waals surface area contributed by atoms with E-state index in [9.17, 15) is 4.79 Å². The van der Waals surface area contributed by atoms with Gasteiger partial charge in [-0.3, -0.25) is 9.69 Å². The van der Waals surface area contributed by atoms with Crippen molar-refractivity contribution < 1.29 is 14.6 Å². The van der Waals surface area contributed by atoms with Crippen molar-refractivity contribution in [2.75, 3.05) is 20.2 Å². The monoisotopic (exact) mass is 237 g/mol. The molecule has 1 unspecified atom stereocenters. The molecule has 0 bridgehead atoms. The lowest BCUT2D eigenvalue weighted by Crippen LogP contribution is -2.36. The maximum Gasteiger partial charge on any atom is 0.320 e. The molecule has 0 aromatic heterocycles. The minimum atomic E-state index is -0.795. The molecule has 0 saturated carbocycles. The molecule has 1 aromatic rings. The van der Waals surface area contributed by atoms with Crippen LogP contribution in [0.25, 0.3) is 0 Å². The van der Waals surface area contributed by atoms with Crippen LogP contribution >= 0.6 is 0 Å². The summed E-state index contributed by atoms with van der Waals surface area (Å²) in [5, 5.41) is 8.81. The maximum absolute atomic E-state index is 10.7. The summed E-state index contributed by atoms with van der Waals surface area (Å²) in [6.45, 7) is 2.99. The first-order valence-electron chi connectivity index (χ1n) is 5.72. The van der Waals surface area contributed by atoms with E-state index >= 15 is 0 Å². The Morgan fingerprint density at radius 2 is 2.06 bits per heavy atom. The number of rotatable bonds is 7. The molecule has 1 atom stereocenters. The van der Waals surface area contributed by atoms with Gasteiger partial charge in [-0.1, -0.05) is 18.2 Å². The Balaban J connectivity index is 2.18. The van der Waals surface area contributed by atoms with Crippen molar-refractivity contribution in [3.05, 3.63) is 30.3 Å². The number of ether oxygens (including phenoxy) is 1. The van der Waals surface area contributed by atoms with E-state index < -0.39 is 12.0 Å². The SMILES string of the molecule is CC(C(=O)O)N(C)CCCOc1ccccc1. The summed E-state index contributed by atoms with van der Waals surface area (Å²) in [5.41, 5.74) is 0. The number of hydrogen-bond acceptors (Lipinski definition) is 3. The number of likely N-dealkylation sites (N-methyl/N-ethyl adjacent to an activating group) is 1.